The lowest BCUT2D eigenvalue weighted by atomic mass is 9.86. The van der Waals surface area contributed by atoms with Crippen molar-refractivity contribution in [1.29, 1.82) is 0 Å². The quantitative estimate of drug-likeness (QED) is 0.658. The van der Waals surface area contributed by atoms with Crippen LogP contribution in [0.15, 0.2) is 30.3 Å². The molecule has 0 aliphatic rings. The van der Waals surface area contributed by atoms with Gasteiger partial charge in [-0.25, -0.2) is 0 Å². The average Bonchev–Trinajstić information content (AvgIpc) is 2.81. The molecule has 0 atom stereocenters. The summed E-state index contributed by atoms with van der Waals surface area (Å²) in [5, 5.41) is 8.77. The first-order valence-corrected chi connectivity index (χ1v) is 8.05. The fraction of sp³-hybridized carbons (Fsp3) is 0.529. The van der Waals surface area contributed by atoms with E-state index < -0.39 is 0 Å². The van der Waals surface area contributed by atoms with Gasteiger partial charge in [-0.2, -0.15) is 0 Å². The van der Waals surface area contributed by atoms with Crippen LogP contribution in [0.4, 0.5) is 0 Å². The van der Waals surface area contributed by atoms with Gasteiger partial charge in [0.15, 0.2) is 5.82 Å². The molecule has 3 nitrogen and oxygen atoms in total. The van der Waals surface area contributed by atoms with Crippen LogP contribution in [0.3, 0.4) is 0 Å². The smallest absolute Gasteiger partial charge is 0.225 e. The van der Waals surface area contributed by atoms with Gasteiger partial charge in [0, 0.05) is 12.1 Å². The predicted octanol–water partition coefficient (Wildman–Crippen LogP) is 5.21. The number of rotatable bonds is 7. The lowest BCUT2D eigenvalue weighted by Crippen LogP contribution is -2.20. The third kappa shape index (κ3) is 4.31. The third-order valence-corrected chi connectivity index (χ3v) is 4.06. The highest BCUT2D eigenvalue weighted by Gasteiger charge is 2.22. The zero-order valence-electron chi connectivity index (χ0n) is 13.1. The van der Waals surface area contributed by atoms with Crippen molar-refractivity contribution in [2.45, 2.75) is 53.0 Å². The first-order valence-electron chi connectivity index (χ1n) is 7.67. The third-order valence-electron chi connectivity index (χ3n) is 3.78. The van der Waals surface area contributed by atoms with Crippen molar-refractivity contribution in [3.63, 3.8) is 0 Å². The van der Waals surface area contributed by atoms with Gasteiger partial charge in [-0.3, -0.25) is 4.57 Å². The number of benzene rings is 1. The van der Waals surface area contributed by atoms with Gasteiger partial charge in [-0.05, 0) is 23.4 Å². The van der Waals surface area contributed by atoms with E-state index >= 15 is 0 Å². The Balaban J connectivity index is 2.18. The van der Waals surface area contributed by atoms with Crippen LogP contribution in [0.5, 0.6) is 0 Å². The molecule has 0 saturated heterocycles. The van der Waals surface area contributed by atoms with Gasteiger partial charge in [0.2, 0.25) is 5.28 Å². The maximum atomic E-state index is 6.25. The van der Waals surface area contributed by atoms with Gasteiger partial charge < -0.3 is 0 Å². The van der Waals surface area contributed by atoms with Crippen molar-refractivity contribution in [2.24, 2.45) is 5.41 Å². The number of nitrogens with zero attached hydrogens (tertiary/aromatic N) is 3. The minimum atomic E-state index is 0.185. The Labute approximate surface area is 132 Å². The van der Waals surface area contributed by atoms with E-state index in [4.69, 9.17) is 11.6 Å². The van der Waals surface area contributed by atoms with E-state index in [1.165, 1.54) is 25.7 Å². The Morgan fingerprint density at radius 1 is 1.10 bits per heavy atom. The lowest BCUT2D eigenvalue weighted by molar-refractivity contribution is 0.272. The molecule has 4 heteroatoms. The summed E-state index contributed by atoms with van der Waals surface area (Å²) in [6.07, 6.45) is 4.97. The van der Waals surface area contributed by atoms with E-state index in [9.17, 15) is 0 Å². The maximum Gasteiger partial charge on any atom is 0.225 e. The summed E-state index contributed by atoms with van der Waals surface area (Å²) >= 11 is 6.25. The molecule has 0 spiro atoms. The van der Waals surface area contributed by atoms with Crippen LogP contribution in [0.1, 0.15) is 46.5 Å². The van der Waals surface area contributed by atoms with E-state index in [1.807, 2.05) is 34.9 Å². The molecule has 0 amide bonds. The molecule has 114 valence electrons. The Morgan fingerprint density at radius 2 is 1.81 bits per heavy atom. The van der Waals surface area contributed by atoms with Crippen LogP contribution in [0.2, 0.25) is 5.28 Å². The van der Waals surface area contributed by atoms with Crippen molar-refractivity contribution >= 4 is 11.6 Å². The zero-order valence-corrected chi connectivity index (χ0v) is 13.9. The van der Waals surface area contributed by atoms with Crippen LogP contribution < -0.4 is 0 Å². The van der Waals surface area contributed by atoms with Gasteiger partial charge in [0.05, 0.1) is 0 Å². The number of hydrogen-bond donors (Lipinski definition) is 0. The summed E-state index contributed by atoms with van der Waals surface area (Å²) in [5.74, 6) is 0.851. The Bertz CT molecular complexity index is 561. The van der Waals surface area contributed by atoms with Crippen molar-refractivity contribution in [1.82, 2.24) is 14.8 Å². The summed E-state index contributed by atoms with van der Waals surface area (Å²) < 4.78 is 2.03. The topological polar surface area (TPSA) is 30.7 Å². The molecule has 0 aliphatic heterocycles. The van der Waals surface area contributed by atoms with Crippen molar-refractivity contribution in [3.8, 4) is 11.4 Å². The molecule has 0 N–H and O–H groups in total. The highest BCUT2D eigenvalue weighted by Crippen LogP contribution is 2.30. The highest BCUT2D eigenvalue weighted by atomic mass is 35.5. The molecule has 1 aromatic carbocycles. The van der Waals surface area contributed by atoms with Crippen LogP contribution in [0.25, 0.3) is 11.4 Å². The average molecular weight is 306 g/mol. The number of unbranched alkanes of at least 4 members (excludes halogenated alkanes) is 2. The van der Waals surface area contributed by atoms with Gasteiger partial charge in [0.1, 0.15) is 0 Å². The minimum absolute atomic E-state index is 0.185. The molecule has 0 bridgehead atoms. The van der Waals surface area contributed by atoms with E-state index in [2.05, 4.69) is 31.0 Å². The van der Waals surface area contributed by atoms with E-state index in [1.54, 1.807) is 0 Å². The number of hydrogen-bond acceptors (Lipinski definition) is 2. The number of halogens is 1. The van der Waals surface area contributed by atoms with Gasteiger partial charge >= 0.3 is 0 Å². The monoisotopic (exact) mass is 305 g/mol. The largest absolute Gasteiger partial charge is 0.297 e. The molecule has 0 aliphatic carbocycles. The minimum Gasteiger partial charge on any atom is -0.297 e. The predicted molar refractivity (Wildman–Crippen MR) is 88.4 cm³/mol. The summed E-state index contributed by atoms with van der Waals surface area (Å²) in [7, 11) is 0. The molecule has 0 unspecified atom stereocenters. The molecular weight excluding hydrogens is 282 g/mol. The molecule has 0 radical (unpaired) electrons. The van der Waals surface area contributed by atoms with Crippen molar-refractivity contribution in [3.05, 3.63) is 35.6 Å². The summed E-state index contributed by atoms with van der Waals surface area (Å²) in [4.78, 5) is 0. The Kier molecular flexibility index (Phi) is 5.40. The van der Waals surface area contributed by atoms with Gasteiger partial charge in [0.25, 0.3) is 0 Å². The molecule has 1 aromatic heterocycles. The Morgan fingerprint density at radius 3 is 2.48 bits per heavy atom. The molecule has 1 heterocycles. The number of aromatic nitrogens is 3. The summed E-state index contributed by atoms with van der Waals surface area (Å²) in [6, 6.07) is 10.1. The van der Waals surface area contributed by atoms with Gasteiger partial charge in [-0.1, -0.05) is 70.4 Å². The molecule has 2 aromatic rings. The van der Waals surface area contributed by atoms with Crippen molar-refractivity contribution in [2.75, 3.05) is 0 Å². The van der Waals surface area contributed by atoms with Crippen LogP contribution in [0, 0.1) is 5.41 Å². The second kappa shape index (κ2) is 7.08. The van der Waals surface area contributed by atoms with E-state index in [0.29, 0.717) is 5.28 Å². The first-order chi connectivity index (χ1) is 10.0. The zero-order chi connectivity index (χ0) is 15.3. The molecular formula is C17H24ClN3. The molecule has 0 saturated carbocycles. The standard InChI is InChI=1S/C17H24ClN3/c1-4-5-9-12-17(2,3)13-21-15(19-20-16(21)18)14-10-7-6-8-11-14/h6-8,10-11H,4-5,9,12-13H2,1-3H3. The van der Waals surface area contributed by atoms with E-state index in [0.717, 1.165) is 17.9 Å². The van der Waals surface area contributed by atoms with Crippen LogP contribution >= 0.6 is 11.6 Å². The fourth-order valence-corrected chi connectivity index (χ4v) is 2.76. The second-order valence-electron chi connectivity index (χ2n) is 6.37. The first kappa shape index (κ1) is 16.0. The summed E-state index contributed by atoms with van der Waals surface area (Å²) in [5.41, 5.74) is 1.24. The highest BCUT2D eigenvalue weighted by molar-refractivity contribution is 6.28. The van der Waals surface area contributed by atoms with Gasteiger partial charge in [-0.15, -0.1) is 10.2 Å². The van der Waals surface area contributed by atoms with Crippen LogP contribution in [-0.2, 0) is 6.54 Å². The normalized spacial score (nSPS) is 11.8. The maximum absolute atomic E-state index is 6.25. The van der Waals surface area contributed by atoms with E-state index in [-0.39, 0.29) is 5.41 Å². The Hall–Kier alpha value is -1.35. The SMILES string of the molecule is CCCCCC(C)(C)Cn1c(Cl)nnc1-c1ccccc1. The molecule has 2 rings (SSSR count). The summed E-state index contributed by atoms with van der Waals surface area (Å²) in [6.45, 7) is 7.64. The lowest BCUT2D eigenvalue weighted by Gasteiger charge is -2.26. The second-order valence-corrected chi connectivity index (χ2v) is 6.70. The van der Waals surface area contributed by atoms with Crippen LogP contribution in [-0.4, -0.2) is 14.8 Å². The molecule has 21 heavy (non-hydrogen) atoms. The fourth-order valence-electron chi connectivity index (χ4n) is 2.59. The van der Waals surface area contributed by atoms with Crippen molar-refractivity contribution < 1.29 is 0 Å². The molecule has 0 fully saturated rings.